The van der Waals surface area contributed by atoms with Gasteiger partial charge in [0.1, 0.15) is 5.41 Å². The maximum atomic E-state index is 12.1. The Morgan fingerprint density at radius 3 is 2.90 bits per heavy atom. The lowest BCUT2D eigenvalue weighted by Crippen LogP contribution is -2.43. The highest BCUT2D eigenvalue weighted by molar-refractivity contribution is 6.03. The predicted octanol–water partition coefficient (Wildman–Crippen LogP) is 2.61. The van der Waals surface area contributed by atoms with E-state index in [2.05, 4.69) is 18.9 Å². The predicted molar refractivity (Wildman–Crippen MR) is 74.5 cm³/mol. The largest absolute Gasteiger partial charge is 0.480 e. The summed E-state index contributed by atoms with van der Waals surface area (Å²) in [5, 5.41) is 14.0. The minimum absolute atomic E-state index is 0.144. The smallest absolute Gasteiger partial charge is 0.317 e. The van der Waals surface area contributed by atoms with Crippen LogP contribution in [0.15, 0.2) is 12.3 Å². The van der Waals surface area contributed by atoms with E-state index in [1.54, 1.807) is 0 Å². The van der Waals surface area contributed by atoms with Crippen LogP contribution in [0.1, 0.15) is 57.7 Å². The molecule has 0 saturated heterocycles. The Morgan fingerprint density at radius 2 is 2.30 bits per heavy atom. The number of aromatic nitrogens is 2. The van der Waals surface area contributed by atoms with Crippen molar-refractivity contribution in [2.75, 3.05) is 0 Å². The van der Waals surface area contributed by atoms with Gasteiger partial charge in [0.2, 0.25) is 0 Å². The van der Waals surface area contributed by atoms with E-state index in [-0.39, 0.29) is 18.2 Å². The van der Waals surface area contributed by atoms with Crippen molar-refractivity contribution in [2.45, 2.75) is 58.4 Å². The highest BCUT2D eigenvalue weighted by atomic mass is 16.4. The molecule has 1 N–H and O–H groups in total. The average molecular weight is 278 g/mol. The Bertz CT molecular complexity index is 509. The Hall–Kier alpha value is -1.65. The van der Waals surface area contributed by atoms with E-state index in [1.807, 2.05) is 16.9 Å². The zero-order valence-corrected chi connectivity index (χ0v) is 12.1. The summed E-state index contributed by atoms with van der Waals surface area (Å²) in [5.41, 5.74) is -0.560. The molecule has 20 heavy (non-hydrogen) atoms. The summed E-state index contributed by atoms with van der Waals surface area (Å²) in [7, 11) is 0. The van der Waals surface area contributed by atoms with Crippen molar-refractivity contribution in [1.82, 2.24) is 9.78 Å². The van der Waals surface area contributed by atoms with Crippen LogP contribution in [0.4, 0.5) is 0 Å². The minimum atomic E-state index is -1.26. The van der Waals surface area contributed by atoms with Crippen LogP contribution in [0.25, 0.3) is 0 Å². The van der Waals surface area contributed by atoms with Gasteiger partial charge in [0.05, 0.1) is 5.69 Å². The monoisotopic (exact) mass is 278 g/mol. The summed E-state index contributed by atoms with van der Waals surface area (Å²) < 4.78 is 1.85. The summed E-state index contributed by atoms with van der Waals surface area (Å²) >= 11 is 0. The molecule has 1 aliphatic carbocycles. The third-order valence-corrected chi connectivity index (χ3v) is 4.39. The van der Waals surface area contributed by atoms with Crippen LogP contribution in [0.2, 0.25) is 0 Å². The van der Waals surface area contributed by atoms with Crippen LogP contribution in [-0.2, 0) is 16.0 Å². The van der Waals surface area contributed by atoms with Crippen molar-refractivity contribution in [3.8, 4) is 0 Å². The van der Waals surface area contributed by atoms with Gasteiger partial charge >= 0.3 is 5.97 Å². The molecule has 0 spiro atoms. The summed E-state index contributed by atoms with van der Waals surface area (Å²) in [6, 6.07) is 2.12. The van der Waals surface area contributed by atoms with Crippen LogP contribution < -0.4 is 0 Å². The SMILES string of the molecule is CCC(C)n1ccc(CC2(C(=O)O)CCCCC2=O)n1. The topological polar surface area (TPSA) is 72.2 Å². The summed E-state index contributed by atoms with van der Waals surface area (Å²) in [5.74, 6) is -1.14. The van der Waals surface area contributed by atoms with Gasteiger partial charge in [-0.25, -0.2) is 0 Å². The van der Waals surface area contributed by atoms with Crippen molar-refractivity contribution in [2.24, 2.45) is 5.41 Å². The summed E-state index contributed by atoms with van der Waals surface area (Å²) in [6.07, 6.45) is 5.44. The van der Waals surface area contributed by atoms with Gasteiger partial charge in [-0.15, -0.1) is 0 Å². The second kappa shape index (κ2) is 5.77. The molecule has 110 valence electrons. The first-order valence-electron chi connectivity index (χ1n) is 7.30. The minimum Gasteiger partial charge on any atom is -0.480 e. The number of hydrogen-bond donors (Lipinski definition) is 1. The number of rotatable bonds is 5. The molecule has 1 fully saturated rings. The van der Waals surface area contributed by atoms with E-state index in [0.29, 0.717) is 18.5 Å². The molecular formula is C15H22N2O3. The molecule has 5 nitrogen and oxygen atoms in total. The fraction of sp³-hybridized carbons (Fsp3) is 0.667. The molecule has 1 saturated carbocycles. The molecule has 1 aromatic rings. The second-order valence-electron chi connectivity index (χ2n) is 5.74. The van der Waals surface area contributed by atoms with Gasteiger partial charge in [-0.05, 0) is 32.3 Å². The second-order valence-corrected chi connectivity index (χ2v) is 5.74. The van der Waals surface area contributed by atoms with Crippen molar-refractivity contribution < 1.29 is 14.7 Å². The average Bonchev–Trinajstić information content (AvgIpc) is 2.88. The van der Waals surface area contributed by atoms with Crippen molar-refractivity contribution in [3.63, 3.8) is 0 Å². The van der Waals surface area contributed by atoms with Gasteiger partial charge in [-0.2, -0.15) is 5.10 Å². The molecule has 2 rings (SSSR count). The van der Waals surface area contributed by atoms with E-state index in [9.17, 15) is 14.7 Å². The molecule has 1 heterocycles. The van der Waals surface area contributed by atoms with Crippen LogP contribution >= 0.6 is 0 Å². The first kappa shape index (κ1) is 14.8. The number of carboxylic acid groups (broad SMARTS) is 1. The number of nitrogens with zero attached hydrogens (tertiary/aromatic N) is 2. The normalized spacial score (nSPS) is 24.6. The highest BCUT2D eigenvalue weighted by Gasteiger charge is 2.47. The number of aliphatic carboxylic acids is 1. The number of hydrogen-bond acceptors (Lipinski definition) is 3. The van der Waals surface area contributed by atoms with E-state index in [4.69, 9.17) is 0 Å². The van der Waals surface area contributed by atoms with Gasteiger partial charge in [0.15, 0.2) is 5.78 Å². The molecule has 1 aliphatic rings. The quantitative estimate of drug-likeness (QED) is 0.840. The Labute approximate surface area is 119 Å². The Balaban J connectivity index is 2.22. The number of carboxylic acids is 1. The molecule has 1 aromatic heterocycles. The Morgan fingerprint density at radius 1 is 1.55 bits per heavy atom. The summed E-state index contributed by atoms with van der Waals surface area (Å²) in [4.78, 5) is 23.8. The standard InChI is InChI=1S/C15H22N2O3/c1-3-11(2)17-9-7-12(16-17)10-15(14(19)20)8-5-4-6-13(15)18/h7,9,11H,3-6,8,10H2,1-2H3,(H,19,20). The first-order valence-corrected chi connectivity index (χ1v) is 7.30. The van der Waals surface area contributed by atoms with E-state index in [1.165, 1.54) is 0 Å². The zero-order valence-electron chi connectivity index (χ0n) is 12.1. The summed E-state index contributed by atoms with van der Waals surface area (Å²) in [6.45, 7) is 4.14. The maximum Gasteiger partial charge on any atom is 0.317 e. The fourth-order valence-electron chi connectivity index (χ4n) is 2.79. The molecule has 2 atom stereocenters. The number of carbonyl (C=O) groups excluding carboxylic acids is 1. The van der Waals surface area contributed by atoms with Gasteiger partial charge in [-0.1, -0.05) is 13.3 Å². The molecular weight excluding hydrogens is 256 g/mol. The van der Waals surface area contributed by atoms with Gasteiger partial charge in [-0.3, -0.25) is 14.3 Å². The van der Waals surface area contributed by atoms with Crippen molar-refractivity contribution in [3.05, 3.63) is 18.0 Å². The Kier molecular flexibility index (Phi) is 4.26. The van der Waals surface area contributed by atoms with Crippen molar-refractivity contribution >= 4 is 11.8 Å². The molecule has 0 aliphatic heterocycles. The molecule has 2 unspecified atom stereocenters. The first-order chi connectivity index (χ1) is 9.49. The van der Waals surface area contributed by atoms with E-state index >= 15 is 0 Å². The molecule has 5 heteroatoms. The molecule has 0 amide bonds. The van der Waals surface area contributed by atoms with Gasteiger partial charge in [0, 0.05) is 25.1 Å². The molecule has 0 aromatic carbocycles. The number of Topliss-reactive ketones (excluding diaryl/α,β-unsaturated/α-hetero) is 1. The van der Waals surface area contributed by atoms with E-state index < -0.39 is 11.4 Å². The number of carbonyl (C=O) groups is 2. The lowest BCUT2D eigenvalue weighted by Gasteiger charge is -2.30. The third kappa shape index (κ3) is 2.62. The third-order valence-electron chi connectivity index (χ3n) is 4.39. The van der Waals surface area contributed by atoms with Crippen LogP contribution in [0.5, 0.6) is 0 Å². The fourth-order valence-corrected chi connectivity index (χ4v) is 2.79. The van der Waals surface area contributed by atoms with Crippen molar-refractivity contribution in [1.29, 1.82) is 0 Å². The number of ketones is 1. The zero-order chi connectivity index (χ0) is 14.8. The van der Waals surface area contributed by atoms with E-state index in [0.717, 1.165) is 19.3 Å². The lowest BCUT2D eigenvalue weighted by atomic mass is 9.70. The van der Waals surface area contributed by atoms with Gasteiger partial charge < -0.3 is 5.11 Å². The van der Waals surface area contributed by atoms with Crippen LogP contribution in [0.3, 0.4) is 0 Å². The molecule has 0 bridgehead atoms. The maximum absolute atomic E-state index is 12.1. The highest BCUT2D eigenvalue weighted by Crippen LogP contribution is 2.36. The molecule has 0 radical (unpaired) electrons. The lowest BCUT2D eigenvalue weighted by molar-refractivity contribution is -0.157. The van der Waals surface area contributed by atoms with Crippen LogP contribution in [0, 0.1) is 5.41 Å². The van der Waals surface area contributed by atoms with Gasteiger partial charge in [0.25, 0.3) is 0 Å². The van der Waals surface area contributed by atoms with Crippen LogP contribution in [-0.4, -0.2) is 26.6 Å².